The zero-order valence-electron chi connectivity index (χ0n) is 31.0. The van der Waals surface area contributed by atoms with Gasteiger partial charge in [-0.1, -0.05) is 146 Å². The lowest BCUT2D eigenvalue weighted by Crippen LogP contribution is -2.11. The van der Waals surface area contributed by atoms with Crippen molar-refractivity contribution < 1.29 is 4.42 Å². The summed E-state index contributed by atoms with van der Waals surface area (Å²) < 4.78 is 8.84. The predicted octanol–water partition coefficient (Wildman–Crippen LogP) is 14.5. The number of nitrogens with zero attached hydrogens (tertiary/aromatic N) is 3. The second-order valence-electron chi connectivity index (χ2n) is 14.4. The SMILES string of the molecule is c1ccc(-c2ccc(N(c3ccc(-c4cccc5c4oc4ccccc45)cc3)c3ccc(-c4ccccc4)c(-n4c5ccccc5c5cnccc54)c3)cc2)cc1. The molecule has 0 amide bonds. The number of furan rings is 1. The van der Waals surface area contributed by atoms with Crippen molar-refractivity contribution in [1.82, 2.24) is 9.55 Å². The van der Waals surface area contributed by atoms with Crippen molar-refractivity contribution in [1.29, 1.82) is 0 Å². The van der Waals surface area contributed by atoms with E-state index < -0.39 is 0 Å². The van der Waals surface area contributed by atoms with E-state index in [0.717, 1.165) is 83.4 Å². The zero-order chi connectivity index (χ0) is 37.7. The molecule has 0 saturated carbocycles. The van der Waals surface area contributed by atoms with Gasteiger partial charge in [0.05, 0.1) is 16.7 Å². The third-order valence-corrected chi connectivity index (χ3v) is 11.1. The Morgan fingerprint density at radius 1 is 0.404 bits per heavy atom. The first kappa shape index (κ1) is 32.7. The summed E-state index contributed by atoms with van der Waals surface area (Å²) in [5, 5.41) is 4.55. The molecule has 268 valence electrons. The molecule has 11 aromatic rings. The maximum absolute atomic E-state index is 6.44. The molecule has 0 N–H and O–H groups in total. The van der Waals surface area contributed by atoms with Crippen molar-refractivity contribution in [3.05, 3.63) is 213 Å². The number of fused-ring (bicyclic) bond motifs is 6. The third-order valence-electron chi connectivity index (χ3n) is 11.1. The summed E-state index contributed by atoms with van der Waals surface area (Å²) in [7, 11) is 0. The second-order valence-corrected chi connectivity index (χ2v) is 14.4. The predicted molar refractivity (Wildman–Crippen MR) is 237 cm³/mol. The van der Waals surface area contributed by atoms with Crippen molar-refractivity contribution in [3.8, 4) is 39.1 Å². The van der Waals surface area contributed by atoms with Gasteiger partial charge in [0.1, 0.15) is 11.2 Å². The van der Waals surface area contributed by atoms with E-state index in [1.54, 1.807) is 0 Å². The first-order chi connectivity index (χ1) is 28.3. The van der Waals surface area contributed by atoms with Gasteiger partial charge in [0.2, 0.25) is 0 Å². The number of benzene rings is 8. The van der Waals surface area contributed by atoms with Gasteiger partial charge in [-0.15, -0.1) is 0 Å². The van der Waals surface area contributed by atoms with Gasteiger partial charge < -0.3 is 13.9 Å². The molecular weight excluding hydrogens is 695 g/mol. The zero-order valence-corrected chi connectivity index (χ0v) is 31.0. The summed E-state index contributed by atoms with van der Waals surface area (Å²) in [6, 6.07) is 71.2. The Balaban J connectivity index is 1.11. The number of rotatable bonds is 7. The van der Waals surface area contributed by atoms with Crippen molar-refractivity contribution in [3.63, 3.8) is 0 Å². The molecule has 3 aromatic heterocycles. The summed E-state index contributed by atoms with van der Waals surface area (Å²) in [5.74, 6) is 0. The monoisotopic (exact) mass is 729 g/mol. The van der Waals surface area contributed by atoms with Gasteiger partial charge in [0.15, 0.2) is 0 Å². The maximum atomic E-state index is 6.44. The summed E-state index contributed by atoms with van der Waals surface area (Å²) in [5.41, 5.74) is 15.1. The summed E-state index contributed by atoms with van der Waals surface area (Å²) >= 11 is 0. The van der Waals surface area contributed by atoms with Crippen LogP contribution in [0.15, 0.2) is 217 Å². The molecule has 0 saturated heterocycles. The number of hydrogen-bond acceptors (Lipinski definition) is 3. The minimum Gasteiger partial charge on any atom is -0.455 e. The third kappa shape index (κ3) is 5.58. The lowest BCUT2D eigenvalue weighted by molar-refractivity contribution is 0.670. The lowest BCUT2D eigenvalue weighted by atomic mass is 10.0. The molecule has 57 heavy (non-hydrogen) atoms. The van der Waals surface area contributed by atoms with E-state index in [1.165, 1.54) is 16.5 Å². The van der Waals surface area contributed by atoms with Crippen LogP contribution in [-0.4, -0.2) is 9.55 Å². The summed E-state index contributed by atoms with van der Waals surface area (Å²) in [6.45, 7) is 0. The van der Waals surface area contributed by atoms with Crippen LogP contribution in [0.25, 0.3) is 82.8 Å². The van der Waals surface area contributed by atoms with Gasteiger partial charge in [-0.2, -0.15) is 0 Å². The van der Waals surface area contributed by atoms with E-state index in [1.807, 2.05) is 24.5 Å². The normalized spacial score (nSPS) is 11.5. The summed E-state index contributed by atoms with van der Waals surface area (Å²) in [6.07, 6.45) is 3.87. The molecular formula is C53H35N3O. The lowest BCUT2D eigenvalue weighted by Gasteiger charge is -2.27. The van der Waals surface area contributed by atoms with Gasteiger partial charge in [0, 0.05) is 62.1 Å². The Morgan fingerprint density at radius 2 is 0.982 bits per heavy atom. The van der Waals surface area contributed by atoms with Crippen LogP contribution in [0.1, 0.15) is 0 Å². The molecule has 0 aliphatic rings. The fourth-order valence-corrected chi connectivity index (χ4v) is 8.43. The highest BCUT2D eigenvalue weighted by Crippen LogP contribution is 2.43. The number of para-hydroxylation sites is 3. The molecule has 0 atom stereocenters. The van der Waals surface area contributed by atoms with Crippen LogP contribution in [0.5, 0.6) is 0 Å². The Bertz CT molecular complexity index is 3160. The van der Waals surface area contributed by atoms with E-state index >= 15 is 0 Å². The van der Waals surface area contributed by atoms with Crippen LogP contribution >= 0.6 is 0 Å². The second kappa shape index (κ2) is 13.6. The quantitative estimate of drug-likeness (QED) is 0.164. The number of hydrogen-bond donors (Lipinski definition) is 0. The van der Waals surface area contributed by atoms with Crippen LogP contribution < -0.4 is 4.90 Å². The van der Waals surface area contributed by atoms with Crippen LogP contribution in [0.4, 0.5) is 17.1 Å². The van der Waals surface area contributed by atoms with Crippen molar-refractivity contribution in [2.45, 2.75) is 0 Å². The highest BCUT2D eigenvalue weighted by molar-refractivity contribution is 6.10. The van der Waals surface area contributed by atoms with E-state index in [4.69, 9.17) is 4.42 Å². The van der Waals surface area contributed by atoms with Crippen molar-refractivity contribution in [2.24, 2.45) is 0 Å². The Morgan fingerprint density at radius 3 is 1.75 bits per heavy atom. The Kier molecular flexibility index (Phi) is 7.78. The largest absolute Gasteiger partial charge is 0.455 e. The highest BCUT2D eigenvalue weighted by Gasteiger charge is 2.20. The molecule has 0 aliphatic carbocycles. The topological polar surface area (TPSA) is 34.2 Å². The van der Waals surface area contributed by atoms with Crippen molar-refractivity contribution >= 4 is 60.8 Å². The van der Waals surface area contributed by atoms with Crippen LogP contribution in [-0.2, 0) is 0 Å². The van der Waals surface area contributed by atoms with E-state index in [-0.39, 0.29) is 0 Å². The summed E-state index contributed by atoms with van der Waals surface area (Å²) in [4.78, 5) is 6.89. The van der Waals surface area contributed by atoms with Gasteiger partial charge in [-0.05, 0) is 76.9 Å². The molecule has 4 nitrogen and oxygen atoms in total. The smallest absolute Gasteiger partial charge is 0.143 e. The molecule has 0 bridgehead atoms. The molecule has 11 rings (SSSR count). The molecule has 0 fully saturated rings. The van der Waals surface area contributed by atoms with Gasteiger partial charge >= 0.3 is 0 Å². The molecule has 0 unspecified atom stereocenters. The average molecular weight is 730 g/mol. The van der Waals surface area contributed by atoms with Gasteiger partial charge in [0.25, 0.3) is 0 Å². The molecule has 0 spiro atoms. The first-order valence-corrected chi connectivity index (χ1v) is 19.3. The average Bonchev–Trinajstić information content (AvgIpc) is 3.84. The minimum atomic E-state index is 0.899. The number of aromatic nitrogens is 2. The minimum absolute atomic E-state index is 0.899. The first-order valence-electron chi connectivity index (χ1n) is 19.3. The standard InChI is InChI=1S/C53H35N3O/c1-3-12-36(13-4-1)37-22-26-40(27-23-37)55(41-28-24-39(25-29-41)44-18-11-19-47-46-17-8-10-21-52(46)57-53(44)47)42-30-31-43(38-14-5-2-6-15-38)51(34-42)56-49-20-9-7-16-45(49)48-35-54-33-32-50(48)56/h1-35H. The van der Waals surface area contributed by atoms with Gasteiger partial charge in [-0.3, -0.25) is 4.98 Å². The Labute approximate surface area is 330 Å². The molecule has 0 aliphatic heterocycles. The fourth-order valence-electron chi connectivity index (χ4n) is 8.43. The number of anilines is 3. The van der Waals surface area contributed by atoms with Gasteiger partial charge in [-0.25, -0.2) is 0 Å². The molecule has 8 aromatic carbocycles. The van der Waals surface area contributed by atoms with Crippen molar-refractivity contribution in [2.75, 3.05) is 4.90 Å². The van der Waals surface area contributed by atoms with Crippen LogP contribution in [0.3, 0.4) is 0 Å². The van der Waals surface area contributed by atoms with Crippen LogP contribution in [0, 0.1) is 0 Å². The molecule has 0 radical (unpaired) electrons. The van der Waals surface area contributed by atoms with E-state index in [2.05, 4.69) is 203 Å². The van der Waals surface area contributed by atoms with E-state index in [9.17, 15) is 0 Å². The molecule has 4 heteroatoms. The molecule has 3 heterocycles. The van der Waals surface area contributed by atoms with E-state index in [0.29, 0.717) is 0 Å². The fraction of sp³-hybridized carbons (Fsp3) is 0. The highest BCUT2D eigenvalue weighted by atomic mass is 16.3. The maximum Gasteiger partial charge on any atom is 0.143 e. The number of pyridine rings is 1. The Hall–Kier alpha value is -7.69. The van der Waals surface area contributed by atoms with Crippen LogP contribution in [0.2, 0.25) is 0 Å².